The molecule has 0 atom stereocenters. The molecule has 0 aromatic heterocycles. The van der Waals surface area contributed by atoms with Gasteiger partial charge in [0.05, 0.1) is 0 Å². The summed E-state index contributed by atoms with van der Waals surface area (Å²) >= 11 is 5.97. The molecule has 0 unspecified atom stereocenters. The lowest BCUT2D eigenvalue weighted by molar-refractivity contribution is 0.931. The molecule has 1 heteroatoms. The van der Waals surface area contributed by atoms with Crippen molar-refractivity contribution in [2.24, 2.45) is 0 Å². The van der Waals surface area contributed by atoms with Crippen LogP contribution in [0, 0.1) is 0 Å². The van der Waals surface area contributed by atoms with Crippen LogP contribution in [-0.2, 0) is 0 Å². The summed E-state index contributed by atoms with van der Waals surface area (Å²) in [6.45, 7) is 4.29. The van der Waals surface area contributed by atoms with Crippen molar-refractivity contribution in [3.63, 3.8) is 0 Å². The Morgan fingerprint density at radius 2 is 2.00 bits per heavy atom. The lowest BCUT2D eigenvalue weighted by atomic mass is 10.1. The summed E-state index contributed by atoms with van der Waals surface area (Å²) in [6.07, 6.45) is 5.49. The first-order chi connectivity index (χ1) is 4.70. The molecule has 0 saturated heterocycles. The average Bonchev–Trinajstić information content (AvgIpc) is 2.04. The summed E-state index contributed by atoms with van der Waals surface area (Å²) in [5.41, 5.74) is 2.82. The summed E-state index contributed by atoms with van der Waals surface area (Å²) < 4.78 is 0. The van der Waals surface area contributed by atoms with Gasteiger partial charge in [0.15, 0.2) is 0 Å². The van der Waals surface area contributed by atoms with Gasteiger partial charge in [-0.15, -0.1) is 0 Å². The van der Waals surface area contributed by atoms with E-state index < -0.39 is 0 Å². The Morgan fingerprint density at radius 3 is 2.70 bits per heavy atom. The fraction of sp³-hybridized carbons (Fsp3) is 0.556. The van der Waals surface area contributed by atoms with Gasteiger partial charge in [0, 0.05) is 11.5 Å². The van der Waals surface area contributed by atoms with Gasteiger partial charge in [0.25, 0.3) is 0 Å². The van der Waals surface area contributed by atoms with E-state index in [2.05, 4.69) is 19.9 Å². The van der Waals surface area contributed by atoms with Crippen LogP contribution < -0.4 is 0 Å². The molecule has 0 aromatic rings. The topological polar surface area (TPSA) is 0 Å². The van der Waals surface area contributed by atoms with E-state index in [1.54, 1.807) is 0 Å². The standard InChI is InChI=1S/C9H13Cl/c1-7-3-5-8(2)9(10)6-4-7/h4H,3,5-6H2,1-2H3. The molecule has 1 aliphatic rings. The molecule has 0 N–H and O–H groups in total. The maximum atomic E-state index is 5.97. The van der Waals surface area contributed by atoms with E-state index in [9.17, 15) is 0 Å². The minimum Gasteiger partial charge on any atom is -0.0889 e. The van der Waals surface area contributed by atoms with Crippen molar-refractivity contribution in [2.75, 3.05) is 0 Å². The largest absolute Gasteiger partial charge is 0.0889 e. The first-order valence-corrected chi connectivity index (χ1v) is 4.07. The third-order valence-corrected chi connectivity index (χ3v) is 2.46. The van der Waals surface area contributed by atoms with Crippen LogP contribution in [-0.4, -0.2) is 0 Å². The number of hydrogen-bond acceptors (Lipinski definition) is 0. The predicted octanol–water partition coefficient (Wildman–Crippen LogP) is 3.63. The molecule has 0 radical (unpaired) electrons. The van der Waals surface area contributed by atoms with Gasteiger partial charge >= 0.3 is 0 Å². The summed E-state index contributed by atoms with van der Waals surface area (Å²) in [6, 6.07) is 0. The highest BCUT2D eigenvalue weighted by Crippen LogP contribution is 2.24. The molecule has 0 fully saturated rings. The summed E-state index contributed by atoms with van der Waals surface area (Å²) in [5, 5.41) is 1.04. The quantitative estimate of drug-likeness (QED) is 0.470. The highest BCUT2D eigenvalue weighted by atomic mass is 35.5. The van der Waals surface area contributed by atoms with E-state index in [1.165, 1.54) is 17.6 Å². The van der Waals surface area contributed by atoms with Crippen LogP contribution in [0.4, 0.5) is 0 Å². The van der Waals surface area contributed by atoms with E-state index in [-0.39, 0.29) is 0 Å². The van der Waals surface area contributed by atoms with Gasteiger partial charge in [0.2, 0.25) is 0 Å². The van der Waals surface area contributed by atoms with Gasteiger partial charge in [-0.25, -0.2) is 0 Å². The molecule has 0 aromatic carbocycles. The lowest BCUT2D eigenvalue weighted by Gasteiger charge is -1.98. The zero-order chi connectivity index (χ0) is 7.56. The average molecular weight is 157 g/mol. The first kappa shape index (κ1) is 7.87. The lowest BCUT2D eigenvalue weighted by Crippen LogP contribution is -1.78. The Labute approximate surface area is 67.6 Å². The molecule has 0 bridgehead atoms. The maximum absolute atomic E-state index is 5.97. The van der Waals surface area contributed by atoms with Crippen LogP contribution in [0.25, 0.3) is 0 Å². The third-order valence-electron chi connectivity index (χ3n) is 1.99. The van der Waals surface area contributed by atoms with Crippen LogP contribution in [0.1, 0.15) is 33.1 Å². The van der Waals surface area contributed by atoms with Crippen LogP contribution >= 0.6 is 11.6 Å². The Hall–Kier alpha value is -0.230. The molecule has 0 spiro atoms. The molecular weight excluding hydrogens is 144 g/mol. The predicted molar refractivity (Wildman–Crippen MR) is 46.2 cm³/mol. The second-order valence-electron chi connectivity index (χ2n) is 2.94. The van der Waals surface area contributed by atoms with E-state index in [0.29, 0.717) is 0 Å². The van der Waals surface area contributed by atoms with Crippen LogP contribution in [0.15, 0.2) is 22.3 Å². The van der Waals surface area contributed by atoms with Crippen molar-refractivity contribution in [3.05, 3.63) is 22.3 Å². The molecule has 0 aliphatic heterocycles. The first-order valence-electron chi connectivity index (χ1n) is 3.70. The van der Waals surface area contributed by atoms with Crippen LogP contribution in [0.3, 0.4) is 0 Å². The monoisotopic (exact) mass is 156 g/mol. The molecule has 0 heterocycles. The molecule has 56 valence electrons. The molecule has 0 saturated carbocycles. The molecule has 10 heavy (non-hydrogen) atoms. The van der Waals surface area contributed by atoms with Crippen LogP contribution in [0.2, 0.25) is 0 Å². The van der Waals surface area contributed by atoms with E-state index in [4.69, 9.17) is 11.6 Å². The maximum Gasteiger partial charge on any atom is 0.0208 e. The van der Waals surface area contributed by atoms with Crippen molar-refractivity contribution in [2.45, 2.75) is 33.1 Å². The van der Waals surface area contributed by atoms with Gasteiger partial charge < -0.3 is 0 Å². The van der Waals surface area contributed by atoms with Crippen LogP contribution in [0.5, 0.6) is 0 Å². The fourth-order valence-electron chi connectivity index (χ4n) is 1.06. The SMILES string of the molecule is CC1=CCC(Cl)=C(C)CC1. The Balaban J connectivity index is 2.70. The fourth-order valence-corrected chi connectivity index (χ4v) is 1.23. The molecular formula is C9H13Cl. The van der Waals surface area contributed by atoms with Crippen molar-refractivity contribution in [3.8, 4) is 0 Å². The van der Waals surface area contributed by atoms with Gasteiger partial charge in [0.1, 0.15) is 0 Å². The molecule has 1 aliphatic carbocycles. The highest BCUT2D eigenvalue weighted by molar-refractivity contribution is 6.30. The number of hydrogen-bond donors (Lipinski definition) is 0. The summed E-state index contributed by atoms with van der Waals surface area (Å²) in [5.74, 6) is 0. The van der Waals surface area contributed by atoms with E-state index in [1.807, 2.05) is 0 Å². The Morgan fingerprint density at radius 1 is 1.30 bits per heavy atom. The van der Waals surface area contributed by atoms with Crippen molar-refractivity contribution < 1.29 is 0 Å². The second kappa shape index (κ2) is 3.25. The second-order valence-corrected chi connectivity index (χ2v) is 3.40. The Bertz CT molecular complexity index is 187. The summed E-state index contributed by atoms with van der Waals surface area (Å²) in [7, 11) is 0. The number of allylic oxidation sites excluding steroid dienone is 4. The minimum atomic E-state index is 0.944. The molecule has 0 nitrogen and oxygen atoms in total. The zero-order valence-electron chi connectivity index (χ0n) is 6.58. The van der Waals surface area contributed by atoms with Crippen molar-refractivity contribution in [1.29, 1.82) is 0 Å². The smallest absolute Gasteiger partial charge is 0.0208 e. The number of halogens is 1. The third kappa shape index (κ3) is 1.88. The van der Waals surface area contributed by atoms with Gasteiger partial charge in [-0.1, -0.05) is 28.8 Å². The Kier molecular flexibility index (Phi) is 2.56. The summed E-state index contributed by atoms with van der Waals surface area (Å²) in [4.78, 5) is 0. The molecule has 0 amide bonds. The minimum absolute atomic E-state index is 0.944. The normalized spacial score (nSPS) is 20.5. The van der Waals surface area contributed by atoms with Gasteiger partial charge in [-0.05, 0) is 26.7 Å². The van der Waals surface area contributed by atoms with Crippen molar-refractivity contribution >= 4 is 11.6 Å². The van der Waals surface area contributed by atoms with Crippen molar-refractivity contribution in [1.82, 2.24) is 0 Å². The van der Waals surface area contributed by atoms with E-state index >= 15 is 0 Å². The van der Waals surface area contributed by atoms with Gasteiger partial charge in [-0.3, -0.25) is 0 Å². The zero-order valence-corrected chi connectivity index (χ0v) is 7.33. The van der Waals surface area contributed by atoms with E-state index in [0.717, 1.165) is 17.9 Å². The highest BCUT2D eigenvalue weighted by Gasteiger charge is 2.03. The number of rotatable bonds is 0. The van der Waals surface area contributed by atoms with Gasteiger partial charge in [-0.2, -0.15) is 0 Å². The molecule has 1 rings (SSSR count).